The van der Waals surface area contributed by atoms with Gasteiger partial charge in [-0.3, -0.25) is 0 Å². The van der Waals surface area contributed by atoms with E-state index in [0.29, 0.717) is 0 Å². The third kappa shape index (κ3) is 6.46. The molecule has 0 atom stereocenters. The van der Waals surface area contributed by atoms with Gasteiger partial charge in [0.05, 0.1) is 0 Å². The van der Waals surface area contributed by atoms with Crippen LogP contribution in [0.15, 0.2) is 212 Å². The fraction of sp³-hybridized carbons (Fsp3) is 0.0690. The molecule has 1 heteroatoms. The van der Waals surface area contributed by atoms with Crippen LogP contribution >= 0.6 is 7.92 Å². The van der Waals surface area contributed by atoms with Crippen molar-refractivity contribution in [2.24, 2.45) is 0 Å². The zero-order valence-corrected chi connectivity index (χ0v) is 34.5. The lowest BCUT2D eigenvalue weighted by atomic mass is 9.81. The van der Waals surface area contributed by atoms with Crippen LogP contribution in [-0.2, 0) is 0 Å². The summed E-state index contributed by atoms with van der Waals surface area (Å²) >= 11 is 0. The molecule has 2 aliphatic carbocycles. The lowest BCUT2D eigenvalue weighted by Gasteiger charge is -2.22. The Morgan fingerprint density at radius 2 is 0.881 bits per heavy atom. The molecule has 0 unspecified atom stereocenters. The summed E-state index contributed by atoms with van der Waals surface area (Å²) < 4.78 is 0. The van der Waals surface area contributed by atoms with Crippen molar-refractivity contribution in [1.29, 1.82) is 0 Å². The van der Waals surface area contributed by atoms with Gasteiger partial charge in [-0.2, -0.15) is 0 Å². The first kappa shape index (κ1) is 36.7. The van der Waals surface area contributed by atoms with Crippen molar-refractivity contribution in [3.05, 3.63) is 218 Å². The minimum absolute atomic E-state index is 0.806. The van der Waals surface area contributed by atoms with Gasteiger partial charge in [0, 0.05) is 0 Å². The van der Waals surface area contributed by atoms with Crippen molar-refractivity contribution in [2.45, 2.75) is 26.7 Å². The molecule has 0 spiro atoms. The third-order valence-electron chi connectivity index (χ3n) is 11.8. The fourth-order valence-electron chi connectivity index (χ4n) is 9.36. The highest BCUT2D eigenvalue weighted by atomic mass is 31.1. The van der Waals surface area contributed by atoms with Gasteiger partial charge < -0.3 is 0 Å². The van der Waals surface area contributed by atoms with E-state index in [1.165, 1.54) is 104 Å². The van der Waals surface area contributed by atoms with Crippen LogP contribution in [0.2, 0.25) is 0 Å². The highest BCUT2D eigenvalue weighted by Gasteiger charge is 2.32. The zero-order valence-electron chi connectivity index (χ0n) is 33.6. The zero-order chi connectivity index (χ0) is 39.7. The Balaban J connectivity index is 0.00000207. The maximum Gasteiger partial charge on any atom is -0.000740 e. The van der Waals surface area contributed by atoms with Crippen LogP contribution in [0, 0.1) is 0 Å². The molecular formula is C58H45P. The largest absolute Gasteiger partial charge is 0.0842 e. The second-order valence-electron chi connectivity index (χ2n) is 15.1. The summed E-state index contributed by atoms with van der Waals surface area (Å²) in [5.74, 6) is 0. The number of rotatable bonds is 7. The molecule has 11 rings (SSSR count). The smallest absolute Gasteiger partial charge is 0.000740 e. The van der Waals surface area contributed by atoms with Gasteiger partial charge in [-0.15, -0.1) is 0 Å². The molecule has 0 saturated carbocycles. The predicted molar refractivity (Wildman–Crippen MR) is 259 cm³/mol. The summed E-state index contributed by atoms with van der Waals surface area (Å²) in [6, 6.07) is 72.6. The Morgan fingerprint density at radius 1 is 0.390 bits per heavy atom. The molecule has 0 nitrogen and oxygen atoms in total. The minimum Gasteiger partial charge on any atom is -0.0842 e. The van der Waals surface area contributed by atoms with Crippen molar-refractivity contribution < 1.29 is 0 Å². The second kappa shape index (κ2) is 16.0. The molecule has 0 N–H and O–H groups in total. The standard InChI is InChI=1S/C56H39P.C2H6/c1-5-18-38(19-6-1)40-22-15-24-42(36-40)52-46-30-13-14-31-47(46)53(43-25-16-23-41(37-43)39-20-7-2-8-21-39)56-50-34-35-51(48-32-17-33-49(54(48)50)55(52)56)57(44-26-9-3-10-27-44)45-28-11-4-12-29-45;1-2/h1-5,7-18,20-37H,6,19H2;1-2H3. The van der Waals surface area contributed by atoms with E-state index >= 15 is 0 Å². The van der Waals surface area contributed by atoms with E-state index in [4.69, 9.17) is 0 Å². The van der Waals surface area contributed by atoms with Gasteiger partial charge in [0.15, 0.2) is 0 Å². The second-order valence-corrected chi connectivity index (χ2v) is 17.3. The summed E-state index contributed by atoms with van der Waals surface area (Å²) in [7, 11) is -0.806. The first-order valence-corrected chi connectivity index (χ1v) is 22.3. The summed E-state index contributed by atoms with van der Waals surface area (Å²) in [6.07, 6.45) is 8.93. The van der Waals surface area contributed by atoms with Crippen LogP contribution < -0.4 is 15.9 Å². The number of hydrogen-bond donors (Lipinski definition) is 0. The molecule has 0 aliphatic heterocycles. The van der Waals surface area contributed by atoms with Crippen LogP contribution in [0.5, 0.6) is 0 Å². The maximum atomic E-state index is 2.45. The van der Waals surface area contributed by atoms with Gasteiger partial charge in [-0.1, -0.05) is 214 Å². The van der Waals surface area contributed by atoms with Crippen molar-refractivity contribution in [3.8, 4) is 55.6 Å². The van der Waals surface area contributed by atoms with Crippen LogP contribution in [0.1, 0.15) is 32.3 Å². The molecule has 282 valence electrons. The van der Waals surface area contributed by atoms with Gasteiger partial charge >= 0.3 is 0 Å². The number of benzene rings is 9. The third-order valence-corrected chi connectivity index (χ3v) is 14.3. The van der Waals surface area contributed by atoms with E-state index in [2.05, 4.69) is 212 Å². The molecule has 0 saturated heterocycles. The highest BCUT2D eigenvalue weighted by Crippen LogP contribution is 2.58. The van der Waals surface area contributed by atoms with Crippen molar-refractivity contribution >= 4 is 51.0 Å². The minimum atomic E-state index is -0.806. The lowest BCUT2D eigenvalue weighted by Crippen LogP contribution is -2.21. The van der Waals surface area contributed by atoms with Crippen molar-refractivity contribution in [2.75, 3.05) is 0 Å². The van der Waals surface area contributed by atoms with Crippen molar-refractivity contribution in [1.82, 2.24) is 0 Å². The molecule has 0 amide bonds. The topological polar surface area (TPSA) is 0 Å². The first-order valence-electron chi connectivity index (χ1n) is 21.0. The SMILES string of the molecule is C1=CCCC(c2cccc(-c3c4c(c(-c5cccc(-c6ccccc6)c5)c5ccccc35)-c3ccc(P(c5ccccc5)c5ccccc5)c5cccc-4c35)c2)=C1.CC. The number of fused-ring (bicyclic) bond motifs is 4. The number of allylic oxidation sites excluding steroid dienone is 4. The van der Waals surface area contributed by atoms with Gasteiger partial charge in [-0.05, 0) is 137 Å². The lowest BCUT2D eigenvalue weighted by molar-refractivity contribution is 1.05. The number of hydrogen-bond acceptors (Lipinski definition) is 0. The van der Waals surface area contributed by atoms with Gasteiger partial charge in [0.25, 0.3) is 0 Å². The van der Waals surface area contributed by atoms with Crippen LogP contribution in [-0.4, -0.2) is 0 Å². The molecule has 9 aromatic carbocycles. The van der Waals surface area contributed by atoms with Crippen LogP contribution in [0.3, 0.4) is 0 Å². The quantitative estimate of drug-likeness (QED) is 0.142. The van der Waals surface area contributed by atoms with E-state index in [-0.39, 0.29) is 0 Å². The Kier molecular flexibility index (Phi) is 9.95. The van der Waals surface area contributed by atoms with Crippen LogP contribution in [0.4, 0.5) is 0 Å². The average Bonchev–Trinajstić information content (AvgIpc) is 3.65. The summed E-state index contributed by atoms with van der Waals surface area (Å²) in [5.41, 5.74) is 15.6. The monoisotopic (exact) mass is 772 g/mol. The molecule has 2 aliphatic rings. The van der Waals surface area contributed by atoms with E-state index in [9.17, 15) is 0 Å². The van der Waals surface area contributed by atoms with Gasteiger partial charge in [0.1, 0.15) is 0 Å². The summed E-state index contributed by atoms with van der Waals surface area (Å²) in [4.78, 5) is 0. The molecule has 0 bridgehead atoms. The summed E-state index contributed by atoms with van der Waals surface area (Å²) in [6.45, 7) is 4.00. The fourth-order valence-corrected chi connectivity index (χ4v) is 11.8. The van der Waals surface area contributed by atoms with E-state index in [1.807, 2.05) is 13.8 Å². The predicted octanol–water partition coefficient (Wildman–Crippen LogP) is 15.2. The normalized spacial score (nSPS) is 12.6. The van der Waals surface area contributed by atoms with E-state index < -0.39 is 7.92 Å². The molecular weight excluding hydrogens is 728 g/mol. The Bertz CT molecular complexity index is 3010. The first-order chi connectivity index (χ1) is 29.3. The molecule has 0 fully saturated rings. The van der Waals surface area contributed by atoms with E-state index in [1.54, 1.807) is 0 Å². The molecule has 9 aromatic rings. The average molecular weight is 773 g/mol. The van der Waals surface area contributed by atoms with E-state index in [0.717, 1.165) is 12.8 Å². The Hall–Kier alpha value is -6.59. The Labute approximate surface area is 349 Å². The van der Waals surface area contributed by atoms with Gasteiger partial charge in [-0.25, -0.2) is 0 Å². The van der Waals surface area contributed by atoms with Gasteiger partial charge in [0.2, 0.25) is 0 Å². The maximum absolute atomic E-state index is 2.45. The van der Waals surface area contributed by atoms with Crippen molar-refractivity contribution in [3.63, 3.8) is 0 Å². The molecule has 0 aromatic heterocycles. The molecule has 59 heavy (non-hydrogen) atoms. The Morgan fingerprint density at radius 3 is 1.49 bits per heavy atom. The highest BCUT2D eigenvalue weighted by molar-refractivity contribution is 7.80. The molecule has 0 radical (unpaired) electrons. The van der Waals surface area contributed by atoms with Crippen LogP contribution in [0.25, 0.3) is 82.8 Å². The summed E-state index contributed by atoms with van der Waals surface area (Å²) in [5, 5.41) is 9.39. The molecule has 0 heterocycles.